The van der Waals surface area contributed by atoms with Gasteiger partial charge in [0, 0.05) is 12.8 Å². The van der Waals surface area contributed by atoms with Crippen LogP contribution in [0.3, 0.4) is 0 Å². The van der Waals surface area contributed by atoms with E-state index < -0.39 is 0 Å². The summed E-state index contributed by atoms with van der Waals surface area (Å²) in [4.78, 5) is 23.0. The molecule has 0 atom stereocenters. The van der Waals surface area contributed by atoms with Gasteiger partial charge in [0.1, 0.15) is 0 Å². The highest BCUT2D eigenvalue weighted by atomic mass is 16.5. The first-order valence-electron chi connectivity index (χ1n) is 8.58. The summed E-state index contributed by atoms with van der Waals surface area (Å²) in [6.07, 6.45) is 5.22. The molecule has 0 saturated carbocycles. The van der Waals surface area contributed by atoms with Crippen molar-refractivity contribution in [3.63, 3.8) is 0 Å². The Morgan fingerprint density at radius 2 is 1.45 bits per heavy atom. The molecule has 0 spiro atoms. The van der Waals surface area contributed by atoms with Crippen LogP contribution in [-0.4, -0.2) is 25.2 Å². The summed E-state index contributed by atoms with van der Waals surface area (Å²) in [6, 6.07) is 0. The van der Waals surface area contributed by atoms with Crippen molar-refractivity contribution in [3.05, 3.63) is 0 Å². The van der Waals surface area contributed by atoms with Gasteiger partial charge in [0.15, 0.2) is 0 Å². The first-order valence-corrected chi connectivity index (χ1v) is 8.58. The van der Waals surface area contributed by atoms with Gasteiger partial charge >= 0.3 is 11.9 Å². The minimum atomic E-state index is -0.132. The predicted molar refractivity (Wildman–Crippen MR) is 88.5 cm³/mol. The van der Waals surface area contributed by atoms with Crippen molar-refractivity contribution >= 4 is 11.9 Å². The van der Waals surface area contributed by atoms with Crippen molar-refractivity contribution in [3.8, 4) is 0 Å². The molecular formula is C18H34O4. The van der Waals surface area contributed by atoms with Crippen molar-refractivity contribution in [2.75, 3.05) is 13.2 Å². The van der Waals surface area contributed by atoms with Crippen LogP contribution in [0.2, 0.25) is 0 Å². The number of carbonyl (C=O) groups is 2. The van der Waals surface area contributed by atoms with E-state index in [1.807, 2.05) is 0 Å². The number of esters is 2. The van der Waals surface area contributed by atoms with Crippen LogP contribution in [0, 0.1) is 11.3 Å². The second kappa shape index (κ2) is 11.5. The van der Waals surface area contributed by atoms with Crippen LogP contribution in [0.4, 0.5) is 0 Å². The smallest absolute Gasteiger partial charge is 0.305 e. The van der Waals surface area contributed by atoms with E-state index in [-0.39, 0.29) is 17.4 Å². The van der Waals surface area contributed by atoms with Crippen molar-refractivity contribution < 1.29 is 19.1 Å². The van der Waals surface area contributed by atoms with Crippen molar-refractivity contribution in [2.45, 2.75) is 79.6 Å². The molecule has 22 heavy (non-hydrogen) atoms. The van der Waals surface area contributed by atoms with Crippen LogP contribution in [-0.2, 0) is 19.1 Å². The molecule has 0 unspecified atom stereocenters. The van der Waals surface area contributed by atoms with Crippen molar-refractivity contribution in [2.24, 2.45) is 11.3 Å². The Hall–Kier alpha value is -1.06. The van der Waals surface area contributed by atoms with E-state index in [9.17, 15) is 9.59 Å². The maximum Gasteiger partial charge on any atom is 0.305 e. The molecule has 0 amide bonds. The fraction of sp³-hybridized carbons (Fsp3) is 0.889. The largest absolute Gasteiger partial charge is 0.466 e. The molecule has 0 fully saturated rings. The monoisotopic (exact) mass is 314 g/mol. The summed E-state index contributed by atoms with van der Waals surface area (Å²) in [6.45, 7) is 11.5. The molecule has 130 valence electrons. The van der Waals surface area contributed by atoms with Crippen LogP contribution >= 0.6 is 0 Å². The Morgan fingerprint density at radius 3 is 1.91 bits per heavy atom. The van der Waals surface area contributed by atoms with E-state index in [0.29, 0.717) is 32.0 Å². The van der Waals surface area contributed by atoms with Gasteiger partial charge in [0.25, 0.3) is 0 Å². The van der Waals surface area contributed by atoms with E-state index in [4.69, 9.17) is 9.47 Å². The molecule has 0 saturated heterocycles. The third-order valence-electron chi connectivity index (χ3n) is 3.95. The molecule has 0 heterocycles. The van der Waals surface area contributed by atoms with Gasteiger partial charge in [-0.05, 0) is 37.0 Å². The topological polar surface area (TPSA) is 52.6 Å². The minimum absolute atomic E-state index is 0.129. The van der Waals surface area contributed by atoms with E-state index >= 15 is 0 Å². The number of hydrogen-bond acceptors (Lipinski definition) is 4. The fourth-order valence-corrected chi connectivity index (χ4v) is 1.74. The molecule has 0 bridgehead atoms. The van der Waals surface area contributed by atoms with E-state index in [1.54, 1.807) is 0 Å². The Morgan fingerprint density at radius 1 is 0.955 bits per heavy atom. The maximum atomic E-state index is 11.6. The highest BCUT2D eigenvalue weighted by molar-refractivity contribution is 5.69. The van der Waals surface area contributed by atoms with Gasteiger partial charge in [-0.15, -0.1) is 0 Å². The zero-order valence-electron chi connectivity index (χ0n) is 15.1. The molecule has 0 aromatic rings. The number of carbonyl (C=O) groups excluding carboxylic acids is 2. The van der Waals surface area contributed by atoms with E-state index in [1.165, 1.54) is 0 Å². The van der Waals surface area contributed by atoms with Gasteiger partial charge < -0.3 is 9.47 Å². The van der Waals surface area contributed by atoms with Gasteiger partial charge in [-0.3, -0.25) is 9.59 Å². The molecule has 0 rings (SSSR count). The normalized spacial score (nSPS) is 11.5. The van der Waals surface area contributed by atoms with Crippen LogP contribution < -0.4 is 0 Å². The molecular weight excluding hydrogens is 280 g/mol. The van der Waals surface area contributed by atoms with Crippen LogP contribution in [0.5, 0.6) is 0 Å². The van der Waals surface area contributed by atoms with E-state index in [2.05, 4.69) is 34.6 Å². The molecule has 0 aromatic carbocycles. The maximum absolute atomic E-state index is 11.6. The van der Waals surface area contributed by atoms with Crippen LogP contribution in [0.15, 0.2) is 0 Å². The summed E-state index contributed by atoms with van der Waals surface area (Å²) in [5, 5.41) is 0. The quantitative estimate of drug-likeness (QED) is 0.393. The summed E-state index contributed by atoms with van der Waals surface area (Å²) >= 11 is 0. The number of ether oxygens (including phenoxy) is 2. The van der Waals surface area contributed by atoms with Gasteiger partial charge in [-0.25, -0.2) is 0 Å². The highest BCUT2D eigenvalue weighted by Gasteiger charge is 2.17. The Balaban J connectivity index is 3.49. The van der Waals surface area contributed by atoms with Gasteiger partial charge in [0.05, 0.1) is 13.2 Å². The van der Waals surface area contributed by atoms with Gasteiger partial charge in [0.2, 0.25) is 0 Å². The lowest BCUT2D eigenvalue weighted by Gasteiger charge is -2.21. The lowest BCUT2D eigenvalue weighted by molar-refractivity contribution is -0.146. The Bertz CT molecular complexity index is 321. The number of unbranched alkanes of at least 4 members (excludes halogenated alkanes) is 1. The van der Waals surface area contributed by atoms with Crippen LogP contribution in [0.1, 0.15) is 79.6 Å². The van der Waals surface area contributed by atoms with E-state index in [0.717, 1.165) is 32.1 Å². The third kappa shape index (κ3) is 12.7. The average Bonchev–Trinajstić information content (AvgIpc) is 2.46. The summed E-state index contributed by atoms with van der Waals surface area (Å²) < 4.78 is 10.3. The molecule has 0 radical (unpaired) electrons. The second-order valence-corrected chi connectivity index (χ2v) is 7.10. The molecule has 0 aromatic heterocycles. The predicted octanol–water partition coefficient (Wildman–Crippen LogP) is 4.51. The minimum Gasteiger partial charge on any atom is -0.466 e. The standard InChI is InChI=1S/C18H34O4/c1-6-18(4,5)12-11-17(20)22-14-8-7-13-21-16(19)10-9-15(2)3/h15H,6-14H2,1-5H3. The molecule has 0 aliphatic heterocycles. The third-order valence-corrected chi connectivity index (χ3v) is 3.95. The zero-order chi connectivity index (χ0) is 17.0. The lowest BCUT2D eigenvalue weighted by Crippen LogP contribution is -2.14. The summed E-state index contributed by atoms with van der Waals surface area (Å²) in [5.74, 6) is 0.257. The summed E-state index contributed by atoms with van der Waals surface area (Å²) in [5.41, 5.74) is 0.198. The molecule has 0 N–H and O–H groups in total. The Labute approximate surface area is 135 Å². The number of rotatable bonds is 12. The number of hydrogen-bond donors (Lipinski definition) is 0. The van der Waals surface area contributed by atoms with Gasteiger partial charge in [-0.2, -0.15) is 0 Å². The first-order chi connectivity index (χ1) is 10.3. The molecule has 0 aliphatic rings. The SMILES string of the molecule is CCC(C)(C)CCC(=O)OCCCCOC(=O)CCC(C)C. The average molecular weight is 314 g/mol. The fourth-order valence-electron chi connectivity index (χ4n) is 1.74. The van der Waals surface area contributed by atoms with Crippen LogP contribution in [0.25, 0.3) is 0 Å². The zero-order valence-corrected chi connectivity index (χ0v) is 15.1. The van der Waals surface area contributed by atoms with Crippen molar-refractivity contribution in [1.82, 2.24) is 0 Å². The Kier molecular flexibility index (Phi) is 10.9. The molecule has 4 heteroatoms. The second-order valence-electron chi connectivity index (χ2n) is 7.10. The highest BCUT2D eigenvalue weighted by Crippen LogP contribution is 2.26. The first kappa shape index (κ1) is 20.9. The van der Waals surface area contributed by atoms with Gasteiger partial charge in [-0.1, -0.05) is 41.0 Å². The molecule has 0 aliphatic carbocycles. The molecule has 4 nitrogen and oxygen atoms in total. The summed E-state index contributed by atoms with van der Waals surface area (Å²) in [7, 11) is 0. The van der Waals surface area contributed by atoms with Crippen molar-refractivity contribution in [1.29, 1.82) is 0 Å². The lowest BCUT2D eigenvalue weighted by atomic mass is 9.85.